The Morgan fingerprint density at radius 3 is 2.85 bits per heavy atom. The minimum Gasteiger partial charge on any atom is -0.496 e. The van der Waals surface area contributed by atoms with Gasteiger partial charge in [0.2, 0.25) is 5.91 Å². The Hall–Kier alpha value is -2.23. The first-order valence-electron chi connectivity index (χ1n) is 9.72. The molecule has 1 N–H and O–H groups in total. The molecule has 4 heteroatoms. The molecule has 0 atom stereocenters. The number of nitrogens with one attached hydrogen (secondary N) is 1. The van der Waals surface area contributed by atoms with E-state index in [9.17, 15) is 4.79 Å². The van der Waals surface area contributed by atoms with Gasteiger partial charge in [0.15, 0.2) is 0 Å². The molecule has 4 nitrogen and oxygen atoms in total. The van der Waals surface area contributed by atoms with Crippen LogP contribution in [0, 0.1) is 0 Å². The largest absolute Gasteiger partial charge is 0.496 e. The first-order valence-corrected chi connectivity index (χ1v) is 9.72. The molecular formula is C22H29NO3. The average Bonchev–Trinajstić information content (AvgIpc) is 3.01. The molecule has 1 aromatic heterocycles. The first-order chi connectivity index (χ1) is 12.6. The van der Waals surface area contributed by atoms with Crippen molar-refractivity contribution in [3.63, 3.8) is 0 Å². The molecular weight excluding hydrogens is 326 g/mol. The van der Waals surface area contributed by atoms with Gasteiger partial charge in [-0.05, 0) is 44.2 Å². The van der Waals surface area contributed by atoms with Gasteiger partial charge in [0.1, 0.15) is 17.1 Å². The first kappa shape index (κ1) is 18.6. The number of unbranched alkanes of at least 4 members (excludes halogenated alkanes) is 2. The van der Waals surface area contributed by atoms with Gasteiger partial charge in [0, 0.05) is 41.6 Å². The standard InChI is InChI=1S/C22H29NO3/c1-4-5-8-11-23-22(24)12-15(2)17-13-18-16-9-6-7-10-19(16)26-21(18)14-20(17)25-3/h12-14H,4-11H2,1-3H3,(H,23,24)/b15-12+. The van der Waals surface area contributed by atoms with E-state index in [1.54, 1.807) is 13.2 Å². The van der Waals surface area contributed by atoms with Gasteiger partial charge in [-0.3, -0.25) is 4.79 Å². The Morgan fingerprint density at radius 2 is 2.08 bits per heavy atom. The Balaban J connectivity index is 1.87. The zero-order chi connectivity index (χ0) is 18.5. The number of hydrogen-bond acceptors (Lipinski definition) is 3. The van der Waals surface area contributed by atoms with Gasteiger partial charge in [-0.25, -0.2) is 0 Å². The molecule has 1 aliphatic rings. The highest BCUT2D eigenvalue weighted by Gasteiger charge is 2.20. The fourth-order valence-electron chi connectivity index (χ4n) is 3.68. The molecule has 0 aliphatic heterocycles. The van der Waals surface area contributed by atoms with Crippen molar-refractivity contribution in [2.24, 2.45) is 0 Å². The quantitative estimate of drug-likeness (QED) is 0.560. The van der Waals surface area contributed by atoms with Crippen LogP contribution in [0.3, 0.4) is 0 Å². The predicted octanol–water partition coefficient (Wildman–Crippen LogP) is 5.03. The number of hydrogen-bond donors (Lipinski definition) is 1. The Morgan fingerprint density at radius 1 is 1.27 bits per heavy atom. The predicted molar refractivity (Wildman–Crippen MR) is 106 cm³/mol. The van der Waals surface area contributed by atoms with Crippen LogP contribution in [0.2, 0.25) is 0 Å². The van der Waals surface area contributed by atoms with Crippen molar-refractivity contribution in [3.8, 4) is 5.75 Å². The van der Waals surface area contributed by atoms with Crippen molar-refractivity contribution in [1.29, 1.82) is 0 Å². The molecule has 1 aromatic carbocycles. The maximum absolute atomic E-state index is 12.2. The minimum absolute atomic E-state index is 0.0463. The van der Waals surface area contributed by atoms with Crippen molar-refractivity contribution in [2.75, 3.05) is 13.7 Å². The van der Waals surface area contributed by atoms with E-state index < -0.39 is 0 Å². The number of benzene rings is 1. The van der Waals surface area contributed by atoms with Gasteiger partial charge in [-0.1, -0.05) is 19.8 Å². The summed E-state index contributed by atoms with van der Waals surface area (Å²) in [5.41, 5.74) is 4.07. The lowest BCUT2D eigenvalue weighted by molar-refractivity contribution is -0.116. The number of carbonyl (C=O) groups is 1. The van der Waals surface area contributed by atoms with Crippen molar-refractivity contribution >= 4 is 22.4 Å². The van der Waals surface area contributed by atoms with Crippen LogP contribution < -0.4 is 10.1 Å². The average molecular weight is 355 g/mol. The van der Waals surface area contributed by atoms with E-state index in [4.69, 9.17) is 9.15 Å². The molecule has 0 spiro atoms. The number of furan rings is 1. The van der Waals surface area contributed by atoms with Gasteiger partial charge in [-0.15, -0.1) is 0 Å². The molecule has 2 aromatic rings. The molecule has 0 bridgehead atoms. The van der Waals surface area contributed by atoms with Crippen molar-refractivity contribution in [3.05, 3.63) is 35.1 Å². The van der Waals surface area contributed by atoms with Crippen LogP contribution in [0.1, 0.15) is 62.8 Å². The lowest BCUT2D eigenvalue weighted by atomic mass is 9.94. The fourth-order valence-corrected chi connectivity index (χ4v) is 3.68. The van der Waals surface area contributed by atoms with E-state index in [0.29, 0.717) is 0 Å². The normalized spacial score (nSPS) is 14.3. The van der Waals surface area contributed by atoms with Crippen molar-refractivity contribution in [1.82, 2.24) is 5.32 Å². The molecule has 0 saturated heterocycles. The SMILES string of the molecule is CCCCCNC(=O)/C=C(\C)c1cc2c3c(oc2cc1OC)CCCC3. The zero-order valence-electron chi connectivity index (χ0n) is 16.1. The summed E-state index contributed by atoms with van der Waals surface area (Å²) in [7, 11) is 1.66. The van der Waals surface area contributed by atoms with E-state index in [0.717, 1.165) is 72.3 Å². The second-order valence-electron chi connectivity index (χ2n) is 7.09. The molecule has 3 rings (SSSR count). The molecule has 0 fully saturated rings. The number of aryl methyl sites for hydroxylation is 2. The highest BCUT2D eigenvalue weighted by molar-refractivity contribution is 5.97. The van der Waals surface area contributed by atoms with Crippen LogP contribution >= 0.6 is 0 Å². The summed E-state index contributed by atoms with van der Waals surface area (Å²) in [6, 6.07) is 4.08. The van der Waals surface area contributed by atoms with E-state index in [1.807, 2.05) is 13.0 Å². The highest BCUT2D eigenvalue weighted by atomic mass is 16.5. The van der Waals surface area contributed by atoms with Gasteiger partial charge in [0.05, 0.1) is 7.11 Å². The fraction of sp³-hybridized carbons (Fsp3) is 0.500. The van der Waals surface area contributed by atoms with Crippen LogP contribution in [0.5, 0.6) is 5.75 Å². The lowest BCUT2D eigenvalue weighted by Crippen LogP contribution is -2.22. The monoisotopic (exact) mass is 355 g/mol. The molecule has 0 saturated carbocycles. The third-order valence-corrected chi connectivity index (χ3v) is 5.13. The molecule has 140 valence electrons. The van der Waals surface area contributed by atoms with Crippen LogP contribution in [0.15, 0.2) is 22.6 Å². The summed E-state index contributed by atoms with van der Waals surface area (Å²) >= 11 is 0. The molecule has 1 aliphatic carbocycles. The second-order valence-corrected chi connectivity index (χ2v) is 7.09. The number of amides is 1. The number of methoxy groups -OCH3 is 1. The summed E-state index contributed by atoms with van der Waals surface area (Å²) in [5, 5.41) is 4.12. The molecule has 0 unspecified atom stereocenters. The summed E-state index contributed by atoms with van der Waals surface area (Å²) in [5.74, 6) is 1.81. The zero-order valence-corrected chi connectivity index (χ0v) is 16.1. The van der Waals surface area contributed by atoms with Gasteiger partial charge < -0.3 is 14.5 Å². The number of allylic oxidation sites excluding steroid dienone is 1. The summed E-state index contributed by atoms with van der Waals surface area (Å²) in [6.07, 6.45) is 9.45. The lowest BCUT2D eigenvalue weighted by Gasteiger charge is -2.11. The minimum atomic E-state index is -0.0463. The summed E-state index contributed by atoms with van der Waals surface area (Å²) in [4.78, 5) is 12.2. The van der Waals surface area contributed by atoms with Crippen LogP contribution in [-0.2, 0) is 17.6 Å². The Bertz CT molecular complexity index is 816. The number of fused-ring (bicyclic) bond motifs is 3. The molecule has 0 radical (unpaired) electrons. The molecule has 1 heterocycles. The van der Waals surface area contributed by atoms with Gasteiger partial charge >= 0.3 is 0 Å². The number of ether oxygens (including phenoxy) is 1. The Labute approximate surface area is 155 Å². The van der Waals surface area contributed by atoms with Crippen LogP contribution in [0.4, 0.5) is 0 Å². The van der Waals surface area contributed by atoms with Gasteiger partial charge in [0.25, 0.3) is 0 Å². The van der Waals surface area contributed by atoms with Crippen LogP contribution in [0.25, 0.3) is 16.5 Å². The number of carbonyl (C=O) groups excluding carboxylic acids is 1. The van der Waals surface area contributed by atoms with Crippen molar-refractivity contribution < 1.29 is 13.9 Å². The smallest absolute Gasteiger partial charge is 0.244 e. The Kier molecular flexibility index (Phi) is 6.02. The maximum atomic E-state index is 12.2. The van der Waals surface area contributed by atoms with E-state index in [1.165, 1.54) is 18.4 Å². The third kappa shape index (κ3) is 3.95. The van der Waals surface area contributed by atoms with E-state index >= 15 is 0 Å². The number of rotatable bonds is 7. The van der Waals surface area contributed by atoms with Crippen molar-refractivity contribution in [2.45, 2.75) is 58.8 Å². The molecule has 1 amide bonds. The maximum Gasteiger partial charge on any atom is 0.244 e. The van der Waals surface area contributed by atoms with Crippen LogP contribution in [-0.4, -0.2) is 19.6 Å². The second kappa shape index (κ2) is 8.43. The summed E-state index contributed by atoms with van der Waals surface area (Å²) in [6.45, 7) is 4.84. The highest BCUT2D eigenvalue weighted by Crippen LogP contribution is 2.37. The third-order valence-electron chi connectivity index (χ3n) is 5.13. The van der Waals surface area contributed by atoms with Gasteiger partial charge in [-0.2, -0.15) is 0 Å². The topological polar surface area (TPSA) is 51.5 Å². The summed E-state index contributed by atoms with van der Waals surface area (Å²) < 4.78 is 11.6. The van der Waals surface area contributed by atoms with E-state index in [2.05, 4.69) is 18.3 Å². The molecule has 26 heavy (non-hydrogen) atoms. The van der Waals surface area contributed by atoms with E-state index in [-0.39, 0.29) is 5.91 Å².